The highest BCUT2D eigenvalue weighted by molar-refractivity contribution is 9.10. The average molecular weight is 449 g/mol. The summed E-state index contributed by atoms with van der Waals surface area (Å²) in [6.07, 6.45) is 2.18. The highest BCUT2D eigenvalue weighted by atomic mass is 79.9. The Kier molecular flexibility index (Phi) is 7.63. The van der Waals surface area contributed by atoms with Gasteiger partial charge in [-0.05, 0) is 77.8 Å². The molecule has 7 heteroatoms. The molecule has 0 aliphatic carbocycles. The first kappa shape index (κ1) is 21.5. The third-order valence-corrected chi connectivity index (χ3v) is 4.36. The summed E-state index contributed by atoms with van der Waals surface area (Å²) in [7, 11) is 1.55. The van der Waals surface area contributed by atoms with E-state index < -0.39 is 12.1 Å². The van der Waals surface area contributed by atoms with E-state index in [1.807, 2.05) is 13.0 Å². The molecule has 0 aliphatic rings. The van der Waals surface area contributed by atoms with Crippen molar-refractivity contribution in [3.63, 3.8) is 0 Å². The van der Waals surface area contributed by atoms with Gasteiger partial charge in [0.1, 0.15) is 5.75 Å². The number of carboxylic acids is 1. The Balaban J connectivity index is 2.13. The lowest BCUT2D eigenvalue weighted by molar-refractivity contribution is -0.144. The SMILES string of the molecule is CCOc1c(Br)cc(/C=C/C(=O)c2ccc(OC(C)C(=O)O)cc2)cc1OC. The van der Waals surface area contributed by atoms with Crippen LogP contribution in [0.25, 0.3) is 6.08 Å². The summed E-state index contributed by atoms with van der Waals surface area (Å²) in [5.41, 5.74) is 1.24. The molecule has 28 heavy (non-hydrogen) atoms. The molecule has 0 fully saturated rings. The standard InChI is InChI=1S/C21H21BrO6/c1-4-27-20-17(22)11-14(12-19(20)26-3)5-10-18(23)15-6-8-16(9-7-15)28-13(2)21(24)25/h5-13H,4H2,1-3H3,(H,24,25)/b10-5+. The second-order valence-corrected chi connectivity index (χ2v) is 6.64. The number of rotatable bonds is 9. The van der Waals surface area contributed by atoms with Gasteiger partial charge >= 0.3 is 5.97 Å². The van der Waals surface area contributed by atoms with Gasteiger partial charge < -0.3 is 19.3 Å². The van der Waals surface area contributed by atoms with Crippen LogP contribution in [0.5, 0.6) is 17.2 Å². The predicted molar refractivity (Wildman–Crippen MR) is 109 cm³/mol. The van der Waals surface area contributed by atoms with E-state index in [1.54, 1.807) is 43.5 Å². The monoisotopic (exact) mass is 448 g/mol. The van der Waals surface area contributed by atoms with Crippen LogP contribution in [0.3, 0.4) is 0 Å². The second-order valence-electron chi connectivity index (χ2n) is 5.79. The van der Waals surface area contributed by atoms with Crippen LogP contribution in [0.15, 0.2) is 46.9 Å². The number of benzene rings is 2. The van der Waals surface area contributed by atoms with Crippen LogP contribution in [-0.4, -0.2) is 36.7 Å². The molecule has 1 atom stereocenters. The number of allylic oxidation sites excluding steroid dienone is 1. The lowest BCUT2D eigenvalue weighted by atomic mass is 10.1. The summed E-state index contributed by atoms with van der Waals surface area (Å²) in [5.74, 6) is 0.314. The lowest BCUT2D eigenvalue weighted by Gasteiger charge is -2.12. The van der Waals surface area contributed by atoms with Crippen molar-refractivity contribution in [2.24, 2.45) is 0 Å². The van der Waals surface area contributed by atoms with Crippen LogP contribution in [0.2, 0.25) is 0 Å². The van der Waals surface area contributed by atoms with Crippen LogP contribution in [0, 0.1) is 0 Å². The zero-order valence-corrected chi connectivity index (χ0v) is 17.4. The van der Waals surface area contributed by atoms with Gasteiger partial charge in [-0.3, -0.25) is 4.79 Å². The maximum Gasteiger partial charge on any atom is 0.344 e. The number of ether oxygens (including phenoxy) is 3. The Hall–Kier alpha value is -2.80. The van der Waals surface area contributed by atoms with Gasteiger partial charge in [0.15, 0.2) is 23.4 Å². The Morgan fingerprint density at radius 2 is 1.89 bits per heavy atom. The molecule has 0 aliphatic heterocycles. The molecule has 0 bridgehead atoms. The normalized spacial score (nSPS) is 11.9. The summed E-state index contributed by atoms with van der Waals surface area (Å²) in [6, 6.07) is 9.93. The minimum absolute atomic E-state index is 0.193. The maximum atomic E-state index is 12.4. The van der Waals surface area contributed by atoms with Gasteiger partial charge in [-0.15, -0.1) is 0 Å². The molecule has 2 aromatic carbocycles. The number of carbonyl (C=O) groups excluding carboxylic acids is 1. The van der Waals surface area contributed by atoms with Gasteiger partial charge in [0.25, 0.3) is 0 Å². The minimum atomic E-state index is -1.06. The summed E-state index contributed by atoms with van der Waals surface area (Å²) >= 11 is 3.45. The Morgan fingerprint density at radius 3 is 2.46 bits per heavy atom. The van der Waals surface area contributed by atoms with Crippen LogP contribution in [-0.2, 0) is 4.79 Å². The molecule has 6 nitrogen and oxygen atoms in total. The number of carbonyl (C=O) groups is 2. The summed E-state index contributed by atoms with van der Waals surface area (Å²) in [4.78, 5) is 23.2. The number of carboxylic acid groups (broad SMARTS) is 1. The summed E-state index contributed by atoms with van der Waals surface area (Å²) in [6.45, 7) is 3.83. The van der Waals surface area contributed by atoms with Crippen LogP contribution in [0.4, 0.5) is 0 Å². The van der Waals surface area contributed by atoms with E-state index in [0.29, 0.717) is 29.4 Å². The van der Waals surface area contributed by atoms with Gasteiger partial charge in [0.05, 0.1) is 18.2 Å². The van der Waals surface area contributed by atoms with E-state index >= 15 is 0 Å². The molecule has 2 aromatic rings. The van der Waals surface area contributed by atoms with E-state index in [2.05, 4.69) is 15.9 Å². The Morgan fingerprint density at radius 1 is 1.21 bits per heavy atom. The molecule has 0 aromatic heterocycles. The van der Waals surface area contributed by atoms with Crippen molar-refractivity contribution in [2.45, 2.75) is 20.0 Å². The topological polar surface area (TPSA) is 82.1 Å². The first-order valence-electron chi connectivity index (χ1n) is 8.58. The molecule has 0 heterocycles. The third-order valence-electron chi connectivity index (χ3n) is 3.77. The van der Waals surface area contributed by atoms with E-state index in [1.165, 1.54) is 13.0 Å². The van der Waals surface area contributed by atoms with Crippen molar-refractivity contribution < 1.29 is 28.9 Å². The van der Waals surface area contributed by atoms with Gasteiger partial charge in [0, 0.05) is 5.56 Å². The highest BCUT2D eigenvalue weighted by Crippen LogP contribution is 2.37. The molecule has 1 N–H and O–H groups in total. The van der Waals surface area contributed by atoms with Crippen molar-refractivity contribution in [1.29, 1.82) is 0 Å². The summed E-state index contributed by atoms with van der Waals surface area (Å²) in [5, 5.41) is 8.86. The van der Waals surface area contributed by atoms with Crippen molar-refractivity contribution in [3.8, 4) is 17.2 Å². The fraction of sp³-hybridized carbons (Fsp3) is 0.238. The Bertz CT molecular complexity index is 873. The zero-order valence-electron chi connectivity index (χ0n) is 15.8. The molecule has 0 amide bonds. The van der Waals surface area contributed by atoms with Gasteiger partial charge in [0.2, 0.25) is 0 Å². The lowest BCUT2D eigenvalue weighted by Crippen LogP contribution is -2.22. The van der Waals surface area contributed by atoms with Gasteiger partial charge in [-0.25, -0.2) is 4.79 Å². The number of ketones is 1. The highest BCUT2D eigenvalue weighted by Gasteiger charge is 2.13. The van der Waals surface area contributed by atoms with E-state index in [-0.39, 0.29) is 5.78 Å². The zero-order chi connectivity index (χ0) is 20.7. The van der Waals surface area contributed by atoms with Crippen molar-refractivity contribution >= 4 is 33.8 Å². The van der Waals surface area contributed by atoms with Gasteiger partial charge in [-0.1, -0.05) is 6.08 Å². The van der Waals surface area contributed by atoms with Crippen molar-refractivity contribution in [3.05, 3.63) is 58.1 Å². The molecular formula is C21H21BrO6. The van der Waals surface area contributed by atoms with Crippen LogP contribution < -0.4 is 14.2 Å². The number of hydrogen-bond donors (Lipinski definition) is 1. The van der Waals surface area contributed by atoms with E-state index in [0.717, 1.165) is 10.0 Å². The van der Waals surface area contributed by atoms with Crippen molar-refractivity contribution in [2.75, 3.05) is 13.7 Å². The van der Waals surface area contributed by atoms with E-state index in [4.69, 9.17) is 19.3 Å². The third kappa shape index (κ3) is 5.60. The smallest absolute Gasteiger partial charge is 0.344 e. The molecule has 0 spiro atoms. The van der Waals surface area contributed by atoms with Crippen molar-refractivity contribution in [1.82, 2.24) is 0 Å². The molecular weight excluding hydrogens is 428 g/mol. The van der Waals surface area contributed by atoms with Crippen LogP contribution in [0.1, 0.15) is 29.8 Å². The number of aliphatic carboxylic acids is 1. The molecule has 1 unspecified atom stereocenters. The molecule has 148 valence electrons. The number of halogens is 1. The predicted octanol–water partition coefficient (Wildman–Crippen LogP) is 4.60. The second kappa shape index (κ2) is 9.94. The first-order valence-corrected chi connectivity index (χ1v) is 9.37. The molecule has 0 saturated carbocycles. The minimum Gasteiger partial charge on any atom is -0.493 e. The molecule has 0 saturated heterocycles. The van der Waals surface area contributed by atoms with Crippen LogP contribution >= 0.6 is 15.9 Å². The molecule has 2 rings (SSSR count). The fourth-order valence-electron chi connectivity index (χ4n) is 2.34. The number of methoxy groups -OCH3 is 1. The van der Waals surface area contributed by atoms with E-state index in [9.17, 15) is 9.59 Å². The summed E-state index contributed by atoms with van der Waals surface area (Å²) < 4.78 is 16.9. The quantitative estimate of drug-likeness (QED) is 0.445. The largest absolute Gasteiger partial charge is 0.493 e. The molecule has 0 radical (unpaired) electrons. The van der Waals surface area contributed by atoms with Gasteiger partial charge in [-0.2, -0.15) is 0 Å². The average Bonchev–Trinajstić information content (AvgIpc) is 2.68. The fourth-order valence-corrected chi connectivity index (χ4v) is 2.92. The number of hydrogen-bond acceptors (Lipinski definition) is 5. The Labute approximate surface area is 171 Å². The first-order chi connectivity index (χ1) is 13.3. The maximum absolute atomic E-state index is 12.4.